The molecule has 5 heteroatoms. The van der Waals surface area contributed by atoms with E-state index in [0.717, 1.165) is 0 Å². The van der Waals surface area contributed by atoms with Crippen LogP contribution >= 0.6 is 0 Å². The fourth-order valence-corrected chi connectivity index (χ4v) is 1.49. The summed E-state index contributed by atoms with van der Waals surface area (Å²) in [5.41, 5.74) is 6.83. The Hall–Kier alpha value is -1.88. The van der Waals surface area contributed by atoms with Gasteiger partial charge >= 0.3 is 5.97 Å². The monoisotopic (exact) mass is 264 g/mol. The third-order valence-corrected chi connectivity index (χ3v) is 2.79. The number of amides is 1. The van der Waals surface area contributed by atoms with Gasteiger partial charge in [-0.25, -0.2) is 0 Å². The molecule has 0 aromatic heterocycles. The van der Waals surface area contributed by atoms with Gasteiger partial charge in [0.15, 0.2) is 0 Å². The number of carboxylic acids is 1. The van der Waals surface area contributed by atoms with E-state index in [4.69, 9.17) is 10.8 Å². The minimum absolute atomic E-state index is 0.0320. The average Bonchev–Trinajstić information content (AvgIpc) is 2.28. The van der Waals surface area contributed by atoms with Crippen molar-refractivity contribution in [3.05, 3.63) is 29.8 Å². The molecular formula is C14H20N2O3. The molecule has 0 saturated heterocycles. The van der Waals surface area contributed by atoms with E-state index >= 15 is 0 Å². The van der Waals surface area contributed by atoms with Crippen molar-refractivity contribution in [2.24, 2.45) is 11.1 Å². The summed E-state index contributed by atoms with van der Waals surface area (Å²) in [4.78, 5) is 22.4. The van der Waals surface area contributed by atoms with Gasteiger partial charge in [0.25, 0.3) is 0 Å². The Morgan fingerprint density at radius 2 is 1.79 bits per heavy atom. The smallest absolute Gasteiger partial charge is 0.307 e. The van der Waals surface area contributed by atoms with Crippen LogP contribution in [0.15, 0.2) is 24.3 Å². The standard InChI is InChI=1S/C14H20N2O3/c1-14(2,3)12(15)13(19)16-10-6-4-9(5-7-10)8-11(17)18/h4-7,12H,8,15H2,1-3H3,(H,16,19)(H,17,18). The summed E-state index contributed by atoms with van der Waals surface area (Å²) >= 11 is 0. The van der Waals surface area contributed by atoms with E-state index in [1.54, 1.807) is 24.3 Å². The fraction of sp³-hybridized carbons (Fsp3) is 0.429. The van der Waals surface area contributed by atoms with Gasteiger partial charge < -0.3 is 16.2 Å². The number of carboxylic acid groups (broad SMARTS) is 1. The largest absolute Gasteiger partial charge is 0.481 e. The van der Waals surface area contributed by atoms with Crippen molar-refractivity contribution in [1.82, 2.24) is 0 Å². The van der Waals surface area contributed by atoms with Crippen molar-refractivity contribution in [1.29, 1.82) is 0 Å². The minimum Gasteiger partial charge on any atom is -0.481 e. The Bertz CT molecular complexity index is 461. The predicted molar refractivity (Wildman–Crippen MR) is 73.8 cm³/mol. The Balaban J connectivity index is 2.68. The molecule has 1 unspecified atom stereocenters. The molecule has 0 radical (unpaired) electrons. The number of hydrogen-bond acceptors (Lipinski definition) is 3. The molecule has 0 bridgehead atoms. The van der Waals surface area contributed by atoms with Crippen molar-refractivity contribution in [3.63, 3.8) is 0 Å². The molecule has 0 heterocycles. The quantitative estimate of drug-likeness (QED) is 0.770. The number of benzene rings is 1. The summed E-state index contributed by atoms with van der Waals surface area (Å²) in [6.07, 6.45) is -0.0320. The fourth-order valence-electron chi connectivity index (χ4n) is 1.49. The number of hydrogen-bond donors (Lipinski definition) is 3. The molecule has 19 heavy (non-hydrogen) atoms. The highest BCUT2D eigenvalue weighted by atomic mass is 16.4. The molecular weight excluding hydrogens is 244 g/mol. The number of nitrogens with two attached hydrogens (primary N) is 1. The number of aliphatic carboxylic acids is 1. The number of carbonyl (C=O) groups excluding carboxylic acids is 1. The first-order valence-corrected chi connectivity index (χ1v) is 6.07. The van der Waals surface area contributed by atoms with E-state index in [-0.39, 0.29) is 17.7 Å². The van der Waals surface area contributed by atoms with Gasteiger partial charge in [0.2, 0.25) is 5.91 Å². The molecule has 5 nitrogen and oxygen atoms in total. The Kier molecular flexibility index (Phi) is 4.67. The number of carbonyl (C=O) groups is 2. The van der Waals surface area contributed by atoms with Crippen molar-refractivity contribution in [3.8, 4) is 0 Å². The lowest BCUT2D eigenvalue weighted by Crippen LogP contribution is -2.45. The highest BCUT2D eigenvalue weighted by molar-refractivity contribution is 5.95. The lowest BCUT2D eigenvalue weighted by Gasteiger charge is -2.25. The zero-order valence-electron chi connectivity index (χ0n) is 11.4. The van der Waals surface area contributed by atoms with E-state index in [0.29, 0.717) is 11.3 Å². The van der Waals surface area contributed by atoms with Crippen LogP contribution in [0.2, 0.25) is 0 Å². The van der Waals surface area contributed by atoms with Gasteiger partial charge in [-0.2, -0.15) is 0 Å². The lowest BCUT2D eigenvalue weighted by molar-refractivity contribution is -0.136. The van der Waals surface area contributed by atoms with Gasteiger partial charge in [-0.05, 0) is 23.1 Å². The van der Waals surface area contributed by atoms with E-state index in [9.17, 15) is 9.59 Å². The first-order chi connectivity index (χ1) is 8.70. The van der Waals surface area contributed by atoms with Gasteiger partial charge in [0.1, 0.15) is 0 Å². The molecule has 1 aromatic rings. The van der Waals surface area contributed by atoms with Crippen molar-refractivity contribution in [2.45, 2.75) is 33.2 Å². The van der Waals surface area contributed by atoms with Crippen LogP contribution < -0.4 is 11.1 Å². The molecule has 1 atom stereocenters. The summed E-state index contributed by atoms with van der Waals surface area (Å²) in [6, 6.07) is 6.08. The molecule has 0 aliphatic carbocycles. The Morgan fingerprint density at radius 1 is 1.26 bits per heavy atom. The molecule has 4 N–H and O–H groups in total. The van der Waals surface area contributed by atoms with Crippen LogP contribution in [0, 0.1) is 5.41 Å². The van der Waals surface area contributed by atoms with Crippen LogP contribution in [0.25, 0.3) is 0 Å². The second kappa shape index (κ2) is 5.84. The first-order valence-electron chi connectivity index (χ1n) is 6.07. The molecule has 1 amide bonds. The summed E-state index contributed by atoms with van der Waals surface area (Å²) in [5.74, 6) is -1.13. The van der Waals surface area contributed by atoms with Crippen LogP contribution in [-0.4, -0.2) is 23.0 Å². The maximum atomic E-state index is 11.9. The number of nitrogens with one attached hydrogen (secondary N) is 1. The topological polar surface area (TPSA) is 92.4 Å². The van der Waals surface area contributed by atoms with E-state index in [1.165, 1.54) is 0 Å². The lowest BCUT2D eigenvalue weighted by atomic mass is 9.87. The SMILES string of the molecule is CC(C)(C)C(N)C(=O)Nc1ccc(CC(=O)O)cc1. The van der Waals surface area contributed by atoms with E-state index in [2.05, 4.69) is 5.32 Å². The molecule has 0 spiro atoms. The van der Waals surface area contributed by atoms with Crippen LogP contribution in [0.1, 0.15) is 26.3 Å². The summed E-state index contributed by atoms with van der Waals surface area (Å²) in [7, 11) is 0. The van der Waals surface area contributed by atoms with Crippen LogP contribution in [0.5, 0.6) is 0 Å². The Labute approximate surface area is 112 Å². The van der Waals surface area contributed by atoms with Crippen LogP contribution in [-0.2, 0) is 16.0 Å². The zero-order chi connectivity index (χ0) is 14.6. The van der Waals surface area contributed by atoms with Gasteiger partial charge in [-0.1, -0.05) is 32.9 Å². The van der Waals surface area contributed by atoms with E-state index in [1.807, 2.05) is 20.8 Å². The van der Waals surface area contributed by atoms with Crippen molar-refractivity contribution >= 4 is 17.6 Å². The Morgan fingerprint density at radius 3 is 2.21 bits per heavy atom. The van der Waals surface area contributed by atoms with E-state index < -0.39 is 12.0 Å². The summed E-state index contributed by atoms with van der Waals surface area (Å²) in [5, 5.41) is 11.4. The first kappa shape index (κ1) is 15.2. The van der Waals surface area contributed by atoms with Gasteiger partial charge in [0.05, 0.1) is 12.5 Å². The third kappa shape index (κ3) is 4.71. The van der Waals surface area contributed by atoms with Crippen LogP contribution in [0.4, 0.5) is 5.69 Å². The van der Waals surface area contributed by atoms with Gasteiger partial charge in [0, 0.05) is 5.69 Å². The maximum Gasteiger partial charge on any atom is 0.307 e. The zero-order valence-corrected chi connectivity index (χ0v) is 11.4. The second-order valence-electron chi connectivity index (χ2n) is 5.60. The normalized spacial score (nSPS) is 12.8. The molecule has 1 aromatic carbocycles. The van der Waals surface area contributed by atoms with Crippen molar-refractivity contribution < 1.29 is 14.7 Å². The number of rotatable bonds is 4. The molecule has 0 fully saturated rings. The second-order valence-corrected chi connectivity index (χ2v) is 5.60. The summed E-state index contributed by atoms with van der Waals surface area (Å²) in [6.45, 7) is 5.69. The summed E-state index contributed by atoms with van der Waals surface area (Å²) < 4.78 is 0. The highest BCUT2D eigenvalue weighted by Crippen LogP contribution is 2.19. The van der Waals surface area contributed by atoms with Gasteiger partial charge in [-0.15, -0.1) is 0 Å². The molecule has 0 aliphatic heterocycles. The van der Waals surface area contributed by atoms with Gasteiger partial charge in [-0.3, -0.25) is 9.59 Å². The molecule has 0 aliphatic rings. The molecule has 104 valence electrons. The highest BCUT2D eigenvalue weighted by Gasteiger charge is 2.27. The van der Waals surface area contributed by atoms with Crippen molar-refractivity contribution in [2.75, 3.05) is 5.32 Å². The van der Waals surface area contributed by atoms with Crippen LogP contribution in [0.3, 0.4) is 0 Å². The maximum absolute atomic E-state index is 11.9. The minimum atomic E-state index is -0.883. The molecule has 1 rings (SSSR count). The molecule has 0 saturated carbocycles. The average molecular weight is 264 g/mol. The third-order valence-electron chi connectivity index (χ3n) is 2.79. The number of anilines is 1. The predicted octanol–water partition coefficient (Wildman–Crippen LogP) is 1.63.